The Bertz CT molecular complexity index is 141. The number of esters is 1. The first kappa shape index (κ1) is 9.56. The van der Waals surface area contributed by atoms with Crippen molar-refractivity contribution in [3.63, 3.8) is 0 Å². The Morgan fingerprint density at radius 3 is 2.60 bits per heavy atom. The maximum Gasteiger partial charge on any atom is 0.330 e. The van der Waals surface area contributed by atoms with E-state index in [1.165, 1.54) is 0 Å². The van der Waals surface area contributed by atoms with Gasteiger partial charge in [0.1, 0.15) is 5.60 Å². The van der Waals surface area contributed by atoms with Crippen molar-refractivity contribution in [2.24, 2.45) is 0 Å². The summed E-state index contributed by atoms with van der Waals surface area (Å²) in [7, 11) is 0. The number of rotatable bonds is 3. The number of ether oxygens (including phenoxy) is 1. The molecule has 0 rings (SSSR count). The summed E-state index contributed by atoms with van der Waals surface area (Å²) >= 11 is 4.00. The number of thiol groups is 1. The van der Waals surface area contributed by atoms with E-state index < -0.39 is 11.6 Å². The van der Waals surface area contributed by atoms with Crippen LogP contribution in [0.2, 0.25) is 0 Å². The standard InChI is InChI=1S/C7H12O2S/c1-4-6(8)9-7(2,3)5-10/h4,10H,1,5H2,2-3H3. The van der Waals surface area contributed by atoms with Crippen LogP contribution in [0.1, 0.15) is 13.8 Å². The highest BCUT2D eigenvalue weighted by atomic mass is 32.1. The molecule has 0 amide bonds. The minimum atomic E-state index is -0.492. The van der Waals surface area contributed by atoms with Gasteiger partial charge in [-0.05, 0) is 13.8 Å². The lowest BCUT2D eigenvalue weighted by Gasteiger charge is -2.21. The van der Waals surface area contributed by atoms with Gasteiger partial charge in [0.25, 0.3) is 0 Å². The summed E-state index contributed by atoms with van der Waals surface area (Å²) in [6, 6.07) is 0. The monoisotopic (exact) mass is 160 g/mol. The predicted molar refractivity (Wildman–Crippen MR) is 44.2 cm³/mol. The first-order valence-electron chi connectivity index (χ1n) is 2.98. The molecule has 0 N–H and O–H groups in total. The quantitative estimate of drug-likeness (QED) is 0.384. The van der Waals surface area contributed by atoms with Crippen molar-refractivity contribution in [2.75, 3.05) is 5.75 Å². The number of carbonyl (C=O) groups excluding carboxylic acids is 1. The van der Waals surface area contributed by atoms with Crippen LogP contribution in [0.15, 0.2) is 12.7 Å². The van der Waals surface area contributed by atoms with E-state index in [-0.39, 0.29) is 0 Å². The zero-order valence-electron chi connectivity index (χ0n) is 6.26. The molecule has 0 radical (unpaired) electrons. The van der Waals surface area contributed by atoms with Crippen LogP contribution in [-0.4, -0.2) is 17.3 Å². The third-order valence-electron chi connectivity index (χ3n) is 0.924. The van der Waals surface area contributed by atoms with Crippen LogP contribution >= 0.6 is 12.6 Å². The number of hydrogen-bond donors (Lipinski definition) is 1. The van der Waals surface area contributed by atoms with Gasteiger partial charge in [-0.3, -0.25) is 0 Å². The fourth-order valence-corrected chi connectivity index (χ4v) is 0.411. The van der Waals surface area contributed by atoms with E-state index in [1.54, 1.807) is 13.8 Å². The van der Waals surface area contributed by atoms with Gasteiger partial charge in [0.2, 0.25) is 0 Å². The summed E-state index contributed by atoms with van der Waals surface area (Å²) in [6.07, 6.45) is 1.14. The molecule has 0 saturated carbocycles. The Labute approximate surface area is 66.7 Å². The number of hydrogen-bond acceptors (Lipinski definition) is 3. The van der Waals surface area contributed by atoms with Crippen LogP contribution < -0.4 is 0 Å². The average molecular weight is 160 g/mol. The van der Waals surface area contributed by atoms with E-state index in [4.69, 9.17) is 4.74 Å². The summed E-state index contributed by atoms with van der Waals surface area (Å²) in [5, 5.41) is 0. The minimum Gasteiger partial charge on any atom is -0.456 e. The van der Waals surface area contributed by atoms with Gasteiger partial charge < -0.3 is 4.74 Å². The van der Waals surface area contributed by atoms with Crippen LogP contribution in [0, 0.1) is 0 Å². The molecule has 0 atom stereocenters. The van der Waals surface area contributed by atoms with Gasteiger partial charge in [0.05, 0.1) is 0 Å². The summed E-state index contributed by atoms with van der Waals surface area (Å²) in [6.45, 7) is 6.87. The highest BCUT2D eigenvalue weighted by molar-refractivity contribution is 7.80. The molecule has 0 aromatic heterocycles. The SMILES string of the molecule is C=CC(=O)OC(C)(C)CS. The van der Waals surface area contributed by atoms with Crippen molar-refractivity contribution < 1.29 is 9.53 Å². The fourth-order valence-electron chi connectivity index (χ4n) is 0.346. The van der Waals surface area contributed by atoms with Gasteiger partial charge in [0, 0.05) is 11.8 Å². The van der Waals surface area contributed by atoms with Gasteiger partial charge >= 0.3 is 5.97 Å². The van der Waals surface area contributed by atoms with Crippen LogP contribution in [0.25, 0.3) is 0 Å². The van der Waals surface area contributed by atoms with Gasteiger partial charge in [-0.2, -0.15) is 12.6 Å². The van der Waals surface area contributed by atoms with E-state index >= 15 is 0 Å². The molecule has 10 heavy (non-hydrogen) atoms. The maximum absolute atomic E-state index is 10.6. The van der Waals surface area contributed by atoms with Crippen LogP contribution in [0.5, 0.6) is 0 Å². The van der Waals surface area contributed by atoms with E-state index in [0.717, 1.165) is 6.08 Å². The Balaban J connectivity index is 3.87. The second kappa shape index (κ2) is 3.66. The Morgan fingerprint density at radius 1 is 1.80 bits per heavy atom. The van der Waals surface area contributed by atoms with Gasteiger partial charge in [-0.15, -0.1) is 0 Å². The molecular formula is C7H12O2S. The first-order valence-corrected chi connectivity index (χ1v) is 3.61. The van der Waals surface area contributed by atoms with Crippen molar-refractivity contribution in [1.82, 2.24) is 0 Å². The topological polar surface area (TPSA) is 26.3 Å². The normalized spacial score (nSPS) is 10.7. The molecule has 0 aliphatic heterocycles. The molecule has 0 saturated heterocycles. The Hall–Kier alpha value is -0.440. The van der Waals surface area contributed by atoms with Crippen LogP contribution in [0.3, 0.4) is 0 Å². The van der Waals surface area contributed by atoms with Crippen molar-refractivity contribution >= 4 is 18.6 Å². The highest BCUT2D eigenvalue weighted by Gasteiger charge is 2.18. The summed E-state index contributed by atoms with van der Waals surface area (Å²) < 4.78 is 4.90. The van der Waals surface area contributed by atoms with Crippen LogP contribution in [0.4, 0.5) is 0 Å². The minimum absolute atomic E-state index is 0.404. The van der Waals surface area contributed by atoms with Gasteiger partial charge in [-0.1, -0.05) is 6.58 Å². The fraction of sp³-hybridized carbons (Fsp3) is 0.571. The average Bonchev–Trinajstić information content (AvgIpc) is 1.87. The zero-order chi connectivity index (χ0) is 8.20. The molecule has 0 bridgehead atoms. The molecule has 0 heterocycles. The van der Waals surface area contributed by atoms with Gasteiger partial charge in [0.15, 0.2) is 0 Å². The smallest absolute Gasteiger partial charge is 0.330 e. The van der Waals surface area contributed by atoms with Crippen molar-refractivity contribution in [2.45, 2.75) is 19.4 Å². The molecule has 0 aliphatic carbocycles. The summed E-state index contributed by atoms with van der Waals surface area (Å²) in [4.78, 5) is 10.6. The van der Waals surface area contributed by atoms with Crippen molar-refractivity contribution in [3.05, 3.63) is 12.7 Å². The van der Waals surface area contributed by atoms with Crippen molar-refractivity contribution in [3.8, 4) is 0 Å². The molecule has 0 aromatic carbocycles. The molecule has 0 spiro atoms. The van der Waals surface area contributed by atoms with E-state index in [2.05, 4.69) is 19.2 Å². The lowest BCUT2D eigenvalue weighted by atomic mass is 10.2. The summed E-state index contributed by atoms with van der Waals surface area (Å²) in [5.41, 5.74) is -0.492. The lowest BCUT2D eigenvalue weighted by Crippen LogP contribution is -2.28. The third kappa shape index (κ3) is 3.56. The first-order chi connectivity index (χ1) is 4.52. The Morgan fingerprint density at radius 2 is 2.30 bits per heavy atom. The molecule has 0 aromatic rings. The molecular weight excluding hydrogens is 148 g/mol. The predicted octanol–water partition coefficient (Wildman–Crippen LogP) is 1.42. The molecule has 0 fully saturated rings. The van der Waals surface area contributed by atoms with E-state index in [1.807, 2.05) is 0 Å². The molecule has 58 valence electrons. The van der Waals surface area contributed by atoms with Crippen LogP contribution in [-0.2, 0) is 9.53 Å². The third-order valence-corrected chi connectivity index (χ3v) is 1.69. The molecule has 2 nitrogen and oxygen atoms in total. The second-order valence-electron chi connectivity index (χ2n) is 2.54. The number of carbonyl (C=O) groups is 1. The zero-order valence-corrected chi connectivity index (χ0v) is 7.15. The van der Waals surface area contributed by atoms with Crippen molar-refractivity contribution in [1.29, 1.82) is 0 Å². The Kier molecular flexibility index (Phi) is 3.50. The molecule has 0 aliphatic rings. The largest absolute Gasteiger partial charge is 0.456 e. The molecule has 0 unspecified atom stereocenters. The van der Waals surface area contributed by atoms with E-state index in [9.17, 15) is 4.79 Å². The summed E-state index contributed by atoms with van der Waals surface area (Å²) in [5.74, 6) is 0.103. The molecule has 3 heteroatoms. The van der Waals surface area contributed by atoms with E-state index in [0.29, 0.717) is 5.75 Å². The van der Waals surface area contributed by atoms with Gasteiger partial charge in [-0.25, -0.2) is 4.79 Å². The maximum atomic E-state index is 10.6. The second-order valence-corrected chi connectivity index (χ2v) is 2.86. The highest BCUT2D eigenvalue weighted by Crippen LogP contribution is 2.10. The lowest BCUT2D eigenvalue weighted by molar-refractivity contribution is -0.148.